The van der Waals surface area contributed by atoms with Gasteiger partial charge in [0, 0.05) is 30.4 Å². The normalized spacial score (nSPS) is 28.2. The fourth-order valence-electron chi connectivity index (χ4n) is 4.91. The van der Waals surface area contributed by atoms with Crippen molar-refractivity contribution in [3.8, 4) is 0 Å². The maximum absolute atomic E-state index is 13.5. The SMILES string of the molecule is CC(C)c1nc2nc(C34COC(C3)C4)cn2cc1C(=O)Nc1cccn([C@@H]2C[C@@H]2F)c1=O. The lowest BCUT2D eigenvalue weighted by atomic mass is 9.68. The highest BCUT2D eigenvalue weighted by atomic mass is 19.1. The summed E-state index contributed by atoms with van der Waals surface area (Å²) in [6, 6.07) is 2.73. The van der Waals surface area contributed by atoms with Gasteiger partial charge in [-0.25, -0.2) is 14.4 Å². The molecule has 0 unspecified atom stereocenters. The monoisotopic (exact) mass is 437 g/mol. The van der Waals surface area contributed by atoms with Crippen LogP contribution in [-0.2, 0) is 10.2 Å². The molecule has 7 rings (SSSR count). The summed E-state index contributed by atoms with van der Waals surface area (Å²) >= 11 is 0. The van der Waals surface area contributed by atoms with E-state index >= 15 is 0 Å². The first-order valence-corrected chi connectivity index (χ1v) is 11.0. The third-order valence-corrected chi connectivity index (χ3v) is 6.91. The maximum atomic E-state index is 13.5. The Morgan fingerprint density at radius 2 is 2.09 bits per heavy atom. The second kappa shape index (κ2) is 6.71. The molecular formula is C23H24FN5O3. The van der Waals surface area contributed by atoms with E-state index in [4.69, 9.17) is 9.72 Å². The largest absolute Gasteiger partial charge is 0.377 e. The molecule has 0 radical (unpaired) electrons. The van der Waals surface area contributed by atoms with E-state index in [2.05, 4.69) is 10.3 Å². The molecule has 2 saturated carbocycles. The van der Waals surface area contributed by atoms with Gasteiger partial charge in [0.1, 0.15) is 11.9 Å². The second-order valence-corrected chi connectivity index (χ2v) is 9.56. The van der Waals surface area contributed by atoms with Crippen LogP contribution in [0.1, 0.15) is 66.8 Å². The summed E-state index contributed by atoms with van der Waals surface area (Å²) in [7, 11) is 0. The molecule has 2 aliphatic carbocycles. The third kappa shape index (κ3) is 2.91. The van der Waals surface area contributed by atoms with Crippen molar-refractivity contribution in [3.63, 3.8) is 0 Å². The Kier molecular flexibility index (Phi) is 4.11. The molecule has 2 bridgehead atoms. The molecule has 2 aliphatic heterocycles. The number of ether oxygens (including phenoxy) is 1. The van der Waals surface area contributed by atoms with Crippen molar-refractivity contribution in [1.29, 1.82) is 0 Å². The van der Waals surface area contributed by atoms with E-state index in [1.54, 1.807) is 22.9 Å². The highest BCUT2D eigenvalue weighted by Gasteiger charge is 2.54. The molecule has 4 fully saturated rings. The fraction of sp³-hybridized carbons (Fsp3) is 0.478. The Morgan fingerprint density at radius 1 is 1.31 bits per heavy atom. The molecule has 4 aliphatic rings. The van der Waals surface area contributed by atoms with Gasteiger partial charge in [-0.05, 0) is 30.9 Å². The number of anilines is 1. The molecule has 8 nitrogen and oxygen atoms in total. The van der Waals surface area contributed by atoms with Gasteiger partial charge in [0.15, 0.2) is 0 Å². The number of pyridine rings is 1. The molecule has 166 valence electrons. The van der Waals surface area contributed by atoms with Crippen LogP contribution < -0.4 is 10.9 Å². The van der Waals surface area contributed by atoms with Gasteiger partial charge in [0.2, 0.25) is 5.78 Å². The van der Waals surface area contributed by atoms with Gasteiger partial charge < -0.3 is 14.6 Å². The Balaban J connectivity index is 1.35. The minimum Gasteiger partial charge on any atom is -0.377 e. The van der Waals surface area contributed by atoms with Crippen molar-refractivity contribution in [2.45, 2.75) is 62.8 Å². The smallest absolute Gasteiger partial charge is 0.274 e. The number of amides is 1. The first-order valence-electron chi connectivity index (χ1n) is 11.0. The number of hydrogen-bond acceptors (Lipinski definition) is 5. The molecule has 3 aromatic rings. The molecule has 1 N–H and O–H groups in total. The van der Waals surface area contributed by atoms with E-state index in [1.807, 2.05) is 20.0 Å². The summed E-state index contributed by atoms with van der Waals surface area (Å²) in [6.45, 7) is 4.60. The van der Waals surface area contributed by atoms with Crippen molar-refractivity contribution in [2.24, 2.45) is 0 Å². The maximum Gasteiger partial charge on any atom is 0.274 e. The van der Waals surface area contributed by atoms with Gasteiger partial charge in [-0.1, -0.05) is 13.8 Å². The van der Waals surface area contributed by atoms with Crippen molar-refractivity contribution in [2.75, 3.05) is 11.9 Å². The van der Waals surface area contributed by atoms with Gasteiger partial charge in [-0.3, -0.25) is 14.0 Å². The van der Waals surface area contributed by atoms with E-state index in [9.17, 15) is 14.0 Å². The number of rotatable bonds is 5. The highest BCUT2D eigenvalue weighted by Crippen LogP contribution is 2.51. The van der Waals surface area contributed by atoms with Crippen LogP contribution in [0.5, 0.6) is 0 Å². The van der Waals surface area contributed by atoms with Gasteiger partial charge in [0.25, 0.3) is 11.5 Å². The molecular weight excluding hydrogens is 413 g/mol. The summed E-state index contributed by atoms with van der Waals surface area (Å²) < 4.78 is 22.3. The van der Waals surface area contributed by atoms with Crippen LogP contribution in [0.15, 0.2) is 35.5 Å². The van der Waals surface area contributed by atoms with Crippen LogP contribution in [0.3, 0.4) is 0 Å². The topological polar surface area (TPSA) is 90.5 Å². The molecule has 2 atom stereocenters. The number of halogens is 1. The average Bonchev–Trinajstić information content (AvgIpc) is 3.13. The first kappa shape index (κ1) is 19.6. The Hall–Kier alpha value is -3.07. The highest BCUT2D eigenvalue weighted by molar-refractivity contribution is 6.05. The predicted octanol–water partition coefficient (Wildman–Crippen LogP) is 2.98. The van der Waals surface area contributed by atoms with Gasteiger partial charge in [0.05, 0.1) is 35.7 Å². The summed E-state index contributed by atoms with van der Waals surface area (Å²) in [5, 5.41) is 2.71. The van der Waals surface area contributed by atoms with E-state index in [0.29, 0.717) is 36.2 Å². The van der Waals surface area contributed by atoms with Crippen LogP contribution in [0.2, 0.25) is 0 Å². The first-order chi connectivity index (χ1) is 15.3. The lowest BCUT2D eigenvalue weighted by Gasteiger charge is -2.33. The molecule has 3 aromatic heterocycles. The van der Waals surface area contributed by atoms with Gasteiger partial charge in [-0.15, -0.1) is 0 Å². The Bertz CT molecular complexity index is 1300. The summed E-state index contributed by atoms with van der Waals surface area (Å²) in [5.74, 6) is 0.106. The molecule has 9 heteroatoms. The average molecular weight is 437 g/mol. The zero-order valence-corrected chi connectivity index (χ0v) is 17.9. The number of nitrogens with zero attached hydrogens (tertiary/aromatic N) is 4. The zero-order valence-electron chi connectivity index (χ0n) is 17.9. The molecule has 0 spiro atoms. The lowest BCUT2D eigenvalue weighted by Crippen LogP contribution is -2.37. The van der Waals surface area contributed by atoms with E-state index < -0.39 is 23.7 Å². The van der Waals surface area contributed by atoms with Crippen LogP contribution in [0.25, 0.3) is 5.78 Å². The van der Waals surface area contributed by atoms with E-state index in [1.165, 1.54) is 10.6 Å². The van der Waals surface area contributed by atoms with Crippen molar-refractivity contribution < 1.29 is 13.9 Å². The predicted molar refractivity (Wildman–Crippen MR) is 115 cm³/mol. The Labute approximate surface area is 183 Å². The number of hydrogen-bond donors (Lipinski definition) is 1. The summed E-state index contributed by atoms with van der Waals surface area (Å²) in [4.78, 5) is 35.4. The fourth-order valence-corrected chi connectivity index (χ4v) is 4.91. The van der Waals surface area contributed by atoms with Gasteiger partial charge >= 0.3 is 0 Å². The van der Waals surface area contributed by atoms with Gasteiger partial charge in [-0.2, -0.15) is 0 Å². The number of imidazole rings is 1. The number of nitrogens with one attached hydrogen (secondary N) is 1. The number of carbonyl (C=O) groups is 1. The molecule has 1 amide bonds. The van der Waals surface area contributed by atoms with Crippen LogP contribution in [0.4, 0.5) is 10.1 Å². The number of alkyl halides is 1. The van der Waals surface area contributed by atoms with Crippen molar-refractivity contribution in [1.82, 2.24) is 18.9 Å². The third-order valence-electron chi connectivity index (χ3n) is 6.91. The van der Waals surface area contributed by atoms with E-state index in [0.717, 1.165) is 18.5 Å². The molecule has 0 aromatic carbocycles. The van der Waals surface area contributed by atoms with Crippen molar-refractivity contribution in [3.05, 3.63) is 58.0 Å². The number of carbonyl (C=O) groups excluding carboxylic acids is 1. The minimum absolute atomic E-state index is 0.0202. The Morgan fingerprint density at radius 3 is 2.75 bits per heavy atom. The lowest BCUT2D eigenvalue weighted by molar-refractivity contribution is 0.102. The zero-order chi connectivity index (χ0) is 22.2. The van der Waals surface area contributed by atoms with E-state index in [-0.39, 0.29) is 17.0 Å². The summed E-state index contributed by atoms with van der Waals surface area (Å²) in [6.07, 6.45) is 6.81. The van der Waals surface area contributed by atoms with Crippen LogP contribution in [-0.4, -0.2) is 43.7 Å². The molecule has 32 heavy (non-hydrogen) atoms. The standard InChI is InChI=1S/C23H24FN5O3/c1-12(2)19-14(20(30)25-16-4-3-5-29(21(16)31)17-6-15(17)24)9-28-10-18(26-22(28)27-19)23-7-13(8-23)32-11-23/h3-5,9-10,12-13,15,17H,6-8,11H2,1-2H3,(H,25,30)/t13?,15-,17+,23?/m0/s1. The molecule has 5 heterocycles. The van der Waals surface area contributed by atoms with Crippen LogP contribution >= 0.6 is 0 Å². The van der Waals surface area contributed by atoms with Crippen LogP contribution in [0, 0.1) is 0 Å². The quantitative estimate of drug-likeness (QED) is 0.663. The minimum atomic E-state index is -1.01. The summed E-state index contributed by atoms with van der Waals surface area (Å²) in [5.41, 5.74) is 1.62. The van der Waals surface area contributed by atoms with Crippen molar-refractivity contribution >= 4 is 17.4 Å². The second-order valence-electron chi connectivity index (χ2n) is 9.56. The number of aromatic nitrogens is 4. The molecule has 2 saturated heterocycles. The number of fused-ring (bicyclic) bond motifs is 2.